The molecule has 6 heteroatoms. The summed E-state index contributed by atoms with van der Waals surface area (Å²) in [5.74, 6) is 0.121. The van der Waals surface area contributed by atoms with Crippen LogP contribution in [0.15, 0.2) is 40.9 Å². The SMILES string of the molecule is CN(Cc1n[nH]c2c1CCCCC2)C(=O)c1cc(CCc2ccccc2)no1. The molecule has 0 unspecified atom stereocenters. The number of carbonyl (C=O) groups excluding carboxylic acids is 1. The van der Waals surface area contributed by atoms with Crippen molar-refractivity contribution in [2.45, 2.75) is 51.5 Å². The van der Waals surface area contributed by atoms with Crippen LogP contribution in [-0.4, -0.2) is 33.2 Å². The Labute approximate surface area is 164 Å². The van der Waals surface area contributed by atoms with Crippen LogP contribution in [0.2, 0.25) is 0 Å². The van der Waals surface area contributed by atoms with E-state index in [-0.39, 0.29) is 11.7 Å². The monoisotopic (exact) mass is 378 g/mol. The van der Waals surface area contributed by atoms with E-state index in [4.69, 9.17) is 4.52 Å². The summed E-state index contributed by atoms with van der Waals surface area (Å²) in [4.78, 5) is 14.4. The Balaban J connectivity index is 1.38. The molecule has 4 rings (SSSR count). The molecule has 0 saturated heterocycles. The Morgan fingerprint density at radius 1 is 1.14 bits per heavy atom. The van der Waals surface area contributed by atoms with Gasteiger partial charge in [-0.3, -0.25) is 9.89 Å². The van der Waals surface area contributed by atoms with Crippen LogP contribution in [-0.2, 0) is 32.2 Å². The van der Waals surface area contributed by atoms with Gasteiger partial charge >= 0.3 is 0 Å². The van der Waals surface area contributed by atoms with Gasteiger partial charge < -0.3 is 9.42 Å². The molecule has 0 fully saturated rings. The average Bonchev–Trinajstić information content (AvgIpc) is 3.27. The highest BCUT2D eigenvalue weighted by molar-refractivity contribution is 5.91. The maximum atomic E-state index is 12.7. The second kappa shape index (κ2) is 8.42. The number of hydrogen-bond acceptors (Lipinski definition) is 4. The zero-order valence-electron chi connectivity index (χ0n) is 16.3. The van der Waals surface area contributed by atoms with Crippen LogP contribution >= 0.6 is 0 Å². The van der Waals surface area contributed by atoms with Crippen LogP contribution in [0.3, 0.4) is 0 Å². The summed E-state index contributed by atoms with van der Waals surface area (Å²) in [6, 6.07) is 12.0. The number of hydrogen-bond donors (Lipinski definition) is 1. The Kier molecular flexibility index (Phi) is 5.55. The Bertz CT molecular complexity index is 929. The number of benzene rings is 1. The molecule has 0 aliphatic heterocycles. The van der Waals surface area contributed by atoms with Crippen molar-refractivity contribution in [3.63, 3.8) is 0 Å². The van der Waals surface area contributed by atoms with E-state index >= 15 is 0 Å². The lowest BCUT2D eigenvalue weighted by atomic mass is 10.1. The molecule has 1 aromatic carbocycles. The van der Waals surface area contributed by atoms with E-state index in [2.05, 4.69) is 27.5 Å². The van der Waals surface area contributed by atoms with Crippen LogP contribution in [0, 0.1) is 0 Å². The van der Waals surface area contributed by atoms with E-state index in [1.165, 1.54) is 36.1 Å². The minimum Gasteiger partial charge on any atom is -0.351 e. The zero-order valence-corrected chi connectivity index (χ0v) is 16.3. The van der Waals surface area contributed by atoms with Gasteiger partial charge in [0.2, 0.25) is 5.76 Å². The maximum absolute atomic E-state index is 12.7. The van der Waals surface area contributed by atoms with Crippen molar-refractivity contribution in [1.82, 2.24) is 20.3 Å². The first-order chi connectivity index (χ1) is 13.7. The Morgan fingerprint density at radius 3 is 2.82 bits per heavy atom. The fraction of sp³-hybridized carbons (Fsp3) is 0.409. The fourth-order valence-electron chi connectivity index (χ4n) is 3.79. The number of aromatic nitrogens is 3. The Hall–Kier alpha value is -2.89. The largest absolute Gasteiger partial charge is 0.351 e. The van der Waals surface area contributed by atoms with Gasteiger partial charge in [0.15, 0.2) is 0 Å². The van der Waals surface area contributed by atoms with Crippen molar-refractivity contribution >= 4 is 5.91 Å². The average molecular weight is 378 g/mol. The van der Waals surface area contributed by atoms with Crippen molar-refractivity contribution in [2.24, 2.45) is 0 Å². The molecule has 0 atom stereocenters. The predicted octanol–water partition coefficient (Wildman–Crippen LogP) is 3.72. The molecule has 2 aromatic heterocycles. The minimum atomic E-state index is -0.163. The lowest BCUT2D eigenvalue weighted by molar-refractivity contribution is 0.0741. The highest BCUT2D eigenvalue weighted by atomic mass is 16.5. The van der Waals surface area contributed by atoms with Gasteiger partial charge in [0.05, 0.1) is 17.9 Å². The first kappa shape index (κ1) is 18.5. The third-order valence-electron chi connectivity index (χ3n) is 5.41. The number of carbonyl (C=O) groups is 1. The molecule has 1 N–H and O–H groups in total. The van der Waals surface area contributed by atoms with E-state index < -0.39 is 0 Å². The van der Waals surface area contributed by atoms with Crippen LogP contribution in [0.25, 0.3) is 0 Å². The Morgan fingerprint density at radius 2 is 1.96 bits per heavy atom. The van der Waals surface area contributed by atoms with Gasteiger partial charge in [0.1, 0.15) is 0 Å². The quantitative estimate of drug-likeness (QED) is 0.663. The molecule has 0 bridgehead atoms. The molecular formula is C22H26N4O2. The smallest absolute Gasteiger partial charge is 0.292 e. The minimum absolute atomic E-state index is 0.163. The molecule has 1 amide bonds. The molecular weight excluding hydrogens is 352 g/mol. The molecule has 0 saturated carbocycles. The highest BCUT2D eigenvalue weighted by Gasteiger charge is 2.22. The van der Waals surface area contributed by atoms with Gasteiger partial charge in [-0.05, 0) is 49.7 Å². The molecule has 0 radical (unpaired) electrons. The summed E-state index contributed by atoms with van der Waals surface area (Å²) in [5.41, 5.74) is 5.54. The normalized spacial score (nSPS) is 13.8. The van der Waals surface area contributed by atoms with Gasteiger partial charge in [0, 0.05) is 18.8 Å². The number of H-pyrrole nitrogens is 1. The van der Waals surface area contributed by atoms with Crippen molar-refractivity contribution in [2.75, 3.05) is 7.05 Å². The molecule has 28 heavy (non-hydrogen) atoms. The number of fused-ring (bicyclic) bond motifs is 1. The second-order valence-corrected chi connectivity index (χ2v) is 7.52. The maximum Gasteiger partial charge on any atom is 0.292 e. The molecule has 146 valence electrons. The first-order valence-corrected chi connectivity index (χ1v) is 10.0. The summed E-state index contributed by atoms with van der Waals surface area (Å²) < 4.78 is 5.32. The van der Waals surface area contributed by atoms with Gasteiger partial charge in [0.25, 0.3) is 5.91 Å². The first-order valence-electron chi connectivity index (χ1n) is 10.0. The molecule has 6 nitrogen and oxygen atoms in total. The van der Waals surface area contributed by atoms with E-state index in [0.717, 1.165) is 37.1 Å². The predicted molar refractivity (Wildman–Crippen MR) is 106 cm³/mol. The lowest BCUT2D eigenvalue weighted by Crippen LogP contribution is -2.26. The summed E-state index contributed by atoms with van der Waals surface area (Å²) in [5, 5.41) is 11.7. The number of aryl methyl sites for hydroxylation is 3. The van der Waals surface area contributed by atoms with Crippen LogP contribution in [0.4, 0.5) is 0 Å². The third kappa shape index (κ3) is 4.16. The van der Waals surface area contributed by atoms with Crippen LogP contribution in [0.1, 0.15) is 58.0 Å². The standard InChI is InChI=1S/C22H26N4O2/c1-26(15-20-18-10-6-3-7-11-19(18)23-24-20)22(27)21-14-17(25-28-21)13-12-16-8-4-2-5-9-16/h2,4-5,8-9,14H,3,6-7,10-13,15H2,1H3,(H,23,24). The van der Waals surface area contributed by atoms with Crippen molar-refractivity contribution in [3.8, 4) is 0 Å². The fourth-order valence-corrected chi connectivity index (χ4v) is 3.79. The van der Waals surface area contributed by atoms with Gasteiger partial charge in [-0.15, -0.1) is 0 Å². The number of rotatable bonds is 6. The van der Waals surface area contributed by atoms with E-state index in [0.29, 0.717) is 6.54 Å². The number of nitrogens with one attached hydrogen (secondary N) is 1. The van der Waals surface area contributed by atoms with Crippen molar-refractivity contribution in [3.05, 3.63) is 70.4 Å². The van der Waals surface area contributed by atoms with Crippen molar-refractivity contribution in [1.29, 1.82) is 0 Å². The highest BCUT2D eigenvalue weighted by Crippen LogP contribution is 2.23. The molecule has 1 aliphatic rings. The third-order valence-corrected chi connectivity index (χ3v) is 5.41. The molecule has 0 spiro atoms. The summed E-state index contributed by atoms with van der Waals surface area (Å²) in [6.45, 7) is 0.477. The van der Waals surface area contributed by atoms with Gasteiger partial charge in [-0.1, -0.05) is 41.9 Å². The molecule has 2 heterocycles. The number of amides is 1. The second-order valence-electron chi connectivity index (χ2n) is 7.52. The summed E-state index contributed by atoms with van der Waals surface area (Å²) >= 11 is 0. The van der Waals surface area contributed by atoms with Crippen LogP contribution in [0.5, 0.6) is 0 Å². The summed E-state index contributed by atoms with van der Waals surface area (Å²) in [6.07, 6.45) is 7.34. The van der Waals surface area contributed by atoms with Crippen molar-refractivity contribution < 1.29 is 9.32 Å². The van der Waals surface area contributed by atoms with Crippen LogP contribution < -0.4 is 0 Å². The lowest BCUT2D eigenvalue weighted by Gasteiger charge is -2.14. The van der Waals surface area contributed by atoms with E-state index in [1.807, 2.05) is 18.2 Å². The topological polar surface area (TPSA) is 75.0 Å². The van der Waals surface area contributed by atoms with E-state index in [9.17, 15) is 4.79 Å². The molecule has 3 aromatic rings. The van der Waals surface area contributed by atoms with Gasteiger partial charge in [-0.2, -0.15) is 5.10 Å². The summed E-state index contributed by atoms with van der Waals surface area (Å²) in [7, 11) is 1.78. The number of aromatic amines is 1. The zero-order chi connectivity index (χ0) is 19.3. The molecule has 1 aliphatic carbocycles. The number of nitrogens with zero attached hydrogens (tertiary/aromatic N) is 3. The van der Waals surface area contributed by atoms with Gasteiger partial charge in [-0.25, -0.2) is 0 Å². The van der Waals surface area contributed by atoms with E-state index in [1.54, 1.807) is 18.0 Å².